The van der Waals surface area contributed by atoms with Gasteiger partial charge in [0.15, 0.2) is 0 Å². The molecule has 0 saturated heterocycles. The van der Waals surface area contributed by atoms with Gasteiger partial charge in [0.25, 0.3) is 0 Å². The highest BCUT2D eigenvalue weighted by Gasteiger charge is 2.08. The van der Waals surface area contributed by atoms with E-state index < -0.39 is 0 Å². The number of hydrogen-bond donors (Lipinski definition) is 1. The van der Waals surface area contributed by atoms with E-state index >= 15 is 0 Å². The molecule has 0 saturated carbocycles. The van der Waals surface area contributed by atoms with Crippen LogP contribution in [0, 0.1) is 5.92 Å². The van der Waals surface area contributed by atoms with Crippen LogP contribution in [0.25, 0.3) is 0 Å². The lowest BCUT2D eigenvalue weighted by Crippen LogP contribution is -2.30. The van der Waals surface area contributed by atoms with Gasteiger partial charge in [0, 0.05) is 6.04 Å². The summed E-state index contributed by atoms with van der Waals surface area (Å²) in [5.41, 5.74) is 0. The first-order valence-corrected chi connectivity index (χ1v) is 5.55. The molecule has 0 aliphatic heterocycles. The number of nitrogens with one attached hydrogen (secondary N) is 1. The van der Waals surface area contributed by atoms with E-state index in [0.717, 1.165) is 18.9 Å². The Balaban J connectivity index is 3.65. The maximum atomic E-state index is 3.76. The number of allylic oxidation sites excluding steroid dienone is 1. The van der Waals surface area contributed by atoms with Crippen molar-refractivity contribution in [3.05, 3.63) is 12.7 Å². The van der Waals surface area contributed by atoms with Crippen molar-refractivity contribution in [1.29, 1.82) is 0 Å². The second-order valence-electron chi connectivity index (χ2n) is 4.15. The van der Waals surface area contributed by atoms with Crippen LogP contribution in [0.2, 0.25) is 0 Å². The first kappa shape index (κ1) is 12.7. The molecule has 1 atom stereocenters. The molecule has 0 aliphatic carbocycles. The zero-order valence-corrected chi connectivity index (χ0v) is 9.47. The van der Waals surface area contributed by atoms with Gasteiger partial charge in [-0.2, -0.15) is 0 Å². The Morgan fingerprint density at radius 1 is 1.38 bits per heavy atom. The lowest BCUT2D eigenvalue weighted by Gasteiger charge is -2.19. The van der Waals surface area contributed by atoms with Gasteiger partial charge in [0.05, 0.1) is 0 Å². The highest BCUT2D eigenvalue weighted by molar-refractivity contribution is 4.74. The predicted molar refractivity (Wildman–Crippen MR) is 61.0 cm³/mol. The van der Waals surface area contributed by atoms with Crippen LogP contribution in [-0.4, -0.2) is 12.6 Å². The van der Waals surface area contributed by atoms with Crippen LogP contribution in [0.3, 0.4) is 0 Å². The van der Waals surface area contributed by atoms with E-state index in [1.807, 2.05) is 6.08 Å². The van der Waals surface area contributed by atoms with Crippen molar-refractivity contribution >= 4 is 0 Å². The van der Waals surface area contributed by atoms with Gasteiger partial charge in [-0.05, 0) is 38.1 Å². The lowest BCUT2D eigenvalue weighted by molar-refractivity contribution is 0.400. The molecule has 1 heteroatoms. The molecule has 0 aliphatic rings. The van der Waals surface area contributed by atoms with E-state index in [1.165, 1.54) is 19.3 Å². The summed E-state index contributed by atoms with van der Waals surface area (Å²) in [5, 5.41) is 3.59. The number of rotatable bonds is 8. The van der Waals surface area contributed by atoms with Crippen molar-refractivity contribution in [1.82, 2.24) is 5.32 Å². The molecule has 0 bridgehead atoms. The minimum absolute atomic E-state index is 0.693. The molecule has 1 unspecified atom stereocenters. The summed E-state index contributed by atoms with van der Waals surface area (Å²) in [7, 11) is 0. The fourth-order valence-corrected chi connectivity index (χ4v) is 1.54. The molecule has 0 radical (unpaired) electrons. The zero-order chi connectivity index (χ0) is 10.1. The second kappa shape index (κ2) is 8.31. The topological polar surface area (TPSA) is 12.0 Å². The SMILES string of the molecule is C=CCCC(CC(C)C)NCCC. The molecule has 1 N–H and O–H groups in total. The van der Waals surface area contributed by atoms with Crippen LogP contribution < -0.4 is 5.32 Å². The van der Waals surface area contributed by atoms with Crippen molar-refractivity contribution in [2.24, 2.45) is 5.92 Å². The molecule has 0 heterocycles. The molecule has 0 aromatic carbocycles. The average Bonchev–Trinajstić information content (AvgIpc) is 2.09. The molecule has 78 valence electrons. The monoisotopic (exact) mass is 183 g/mol. The van der Waals surface area contributed by atoms with Gasteiger partial charge in [-0.25, -0.2) is 0 Å². The van der Waals surface area contributed by atoms with Crippen LogP contribution in [0.15, 0.2) is 12.7 Å². The summed E-state index contributed by atoms with van der Waals surface area (Å²) in [4.78, 5) is 0. The van der Waals surface area contributed by atoms with Gasteiger partial charge < -0.3 is 5.32 Å². The van der Waals surface area contributed by atoms with Crippen molar-refractivity contribution in [3.8, 4) is 0 Å². The fourth-order valence-electron chi connectivity index (χ4n) is 1.54. The zero-order valence-electron chi connectivity index (χ0n) is 9.47. The normalized spacial score (nSPS) is 13.2. The summed E-state index contributed by atoms with van der Waals surface area (Å²) >= 11 is 0. The first-order chi connectivity index (χ1) is 6.20. The van der Waals surface area contributed by atoms with Crippen LogP contribution in [0.5, 0.6) is 0 Å². The highest BCUT2D eigenvalue weighted by atomic mass is 14.9. The average molecular weight is 183 g/mol. The molecule has 0 spiro atoms. The Labute approximate surface area is 83.6 Å². The van der Waals surface area contributed by atoms with Gasteiger partial charge in [-0.3, -0.25) is 0 Å². The first-order valence-electron chi connectivity index (χ1n) is 5.55. The van der Waals surface area contributed by atoms with Gasteiger partial charge in [0.1, 0.15) is 0 Å². The lowest BCUT2D eigenvalue weighted by atomic mass is 9.99. The van der Waals surface area contributed by atoms with Gasteiger partial charge >= 0.3 is 0 Å². The van der Waals surface area contributed by atoms with E-state index in [4.69, 9.17) is 0 Å². The van der Waals surface area contributed by atoms with Crippen LogP contribution >= 0.6 is 0 Å². The van der Waals surface area contributed by atoms with Crippen molar-refractivity contribution in [2.75, 3.05) is 6.54 Å². The molecule has 0 amide bonds. The van der Waals surface area contributed by atoms with E-state index in [2.05, 4.69) is 32.7 Å². The van der Waals surface area contributed by atoms with Gasteiger partial charge in [-0.15, -0.1) is 6.58 Å². The molecule has 1 nitrogen and oxygen atoms in total. The molecule has 0 aromatic rings. The summed E-state index contributed by atoms with van der Waals surface area (Å²) in [6.07, 6.45) is 6.90. The van der Waals surface area contributed by atoms with Crippen LogP contribution in [0.1, 0.15) is 46.5 Å². The van der Waals surface area contributed by atoms with Crippen molar-refractivity contribution < 1.29 is 0 Å². The van der Waals surface area contributed by atoms with Crippen LogP contribution in [-0.2, 0) is 0 Å². The van der Waals surface area contributed by atoms with E-state index in [-0.39, 0.29) is 0 Å². The summed E-state index contributed by atoms with van der Waals surface area (Å²) in [5.74, 6) is 0.791. The highest BCUT2D eigenvalue weighted by Crippen LogP contribution is 2.09. The summed E-state index contributed by atoms with van der Waals surface area (Å²) in [6, 6.07) is 0.693. The Kier molecular flexibility index (Phi) is 8.11. The molecule has 0 fully saturated rings. The molecule has 13 heavy (non-hydrogen) atoms. The standard InChI is InChI=1S/C12H25N/c1-5-7-8-12(10-11(3)4)13-9-6-2/h5,11-13H,1,6-10H2,2-4H3. The van der Waals surface area contributed by atoms with Crippen molar-refractivity contribution in [2.45, 2.75) is 52.5 Å². The van der Waals surface area contributed by atoms with Crippen molar-refractivity contribution in [3.63, 3.8) is 0 Å². The third kappa shape index (κ3) is 8.04. The maximum absolute atomic E-state index is 3.76. The molecular formula is C12H25N. The fraction of sp³-hybridized carbons (Fsp3) is 0.833. The quantitative estimate of drug-likeness (QED) is 0.569. The van der Waals surface area contributed by atoms with E-state index in [0.29, 0.717) is 6.04 Å². The number of hydrogen-bond acceptors (Lipinski definition) is 1. The van der Waals surface area contributed by atoms with E-state index in [1.54, 1.807) is 0 Å². The van der Waals surface area contributed by atoms with Crippen LogP contribution in [0.4, 0.5) is 0 Å². The summed E-state index contributed by atoms with van der Waals surface area (Å²) < 4.78 is 0. The minimum Gasteiger partial charge on any atom is -0.314 e. The van der Waals surface area contributed by atoms with Gasteiger partial charge in [0.2, 0.25) is 0 Å². The minimum atomic E-state index is 0.693. The largest absolute Gasteiger partial charge is 0.314 e. The Morgan fingerprint density at radius 2 is 2.08 bits per heavy atom. The second-order valence-corrected chi connectivity index (χ2v) is 4.15. The Morgan fingerprint density at radius 3 is 2.54 bits per heavy atom. The smallest absolute Gasteiger partial charge is 0.00724 e. The van der Waals surface area contributed by atoms with Gasteiger partial charge in [-0.1, -0.05) is 26.8 Å². The Bertz CT molecular complexity index is 118. The predicted octanol–water partition coefficient (Wildman–Crippen LogP) is 3.37. The summed E-state index contributed by atoms with van der Waals surface area (Å²) in [6.45, 7) is 11.7. The Hall–Kier alpha value is -0.300. The third-order valence-corrected chi connectivity index (χ3v) is 2.16. The molecule has 0 aromatic heterocycles. The third-order valence-electron chi connectivity index (χ3n) is 2.16. The molecule has 0 rings (SSSR count). The van der Waals surface area contributed by atoms with E-state index in [9.17, 15) is 0 Å². The molecular weight excluding hydrogens is 158 g/mol. The maximum Gasteiger partial charge on any atom is 0.00724 e.